The van der Waals surface area contributed by atoms with E-state index >= 15 is 0 Å². The minimum Gasteiger partial charge on any atom is -0.508 e. The summed E-state index contributed by atoms with van der Waals surface area (Å²) in [6.45, 7) is 18.6. The van der Waals surface area contributed by atoms with Crippen molar-refractivity contribution in [2.75, 3.05) is 19.8 Å². The Balaban J connectivity index is 4.68. The van der Waals surface area contributed by atoms with Crippen LogP contribution in [0.3, 0.4) is 0 Å². The first kappa shape index (κ1) is 14.7. The van der Waals surface area contributed by atoms with Gasteiger partial charge >= 0.3 is 6.71 Å². The van der Waals surface area contributed by atoms with E-state index in [1.807, 2.05) is 20.8 Å². The smallest absolute Gasteiger partial charge is 0.369 e. The second-order valence-corrected chi connectivity index (χ2v) is 3.13. The fourth-order valence-corrected chi connectivity index (χ4v) is 1.34. The molecular weight excluding hydrogens is 203 g/mol. The van der Waals surface area contributed by atoms with Gasteiger partial charge in [0.05, 0.1) is 36.8 Å². The minimum atomic E-state index is -0.306. The van der Waals surface area contributed by atoms with Crippen LogP contribution in [-0.2, 0) is 14.2 Å². The molecule has 3 nitrogen and oxygen atoms in total. The molecule has 0 N–H and O–H groups in total. The van der Waals surface area contributed by atoms with Gasteiger partial charge in [-0.05, 0) is 20.8 Å². The van der Waals surface area contributed by atoms with Crippen LogP contribution in [0.15, 0.2) is 36.7 Å². The van der Waals surface area contributed by atoms with E-state index in [0.29, 0.717) is 36.8 Å². The van der Waals surface area contributed by atoms with Gasteiger partial charge in [0.2, 0.25) is 0 Å². The van der Waals surface area contributed by atoms with Gasteiger partial charge in [0.25, 0.3) is 0 Å². The molecule has 0 aliphatic carbocycles. The molecule has 0 aromatic rings. The zero-order chi connectivity index (χ0) is 12.6. The first-order chi connectivity index (χ1) is 7.58. The predicted molar refractivity (Wildman–Crippen MR) is 68.1 cm³/mol. The molecule has 0 fully saturated rings. The predicted octanol–water partition coefficient (Wildman–Crippen LogP) is 2.75. The molecule has 90 valence electrons. The molecule has 0 heterocycles. The molecule has 0 unspecified atom stereocenters. The van der Waals surface area contributed by atoms with Crippen molar-refractivity contribution in [2.45, 2.75) is 20.8 Å². The lowest BCUT2D eigenvalue weighted by atomic mass is 9.45. The van der Waals surface area contributed by atoms with Gasteiger partial charge in [-0.15, -0.1) is 0 Å². The highest BCUT2D eigenvalue weighted by molar-refractivity contribution is 6.78. The average Bonchev–Trinajstić information content (AvgIpc) is 2.19. The summed E-state index contributed by atoms with van der Waals surface area (Å²) in [5.41, 5.74) is 1.67. The molecule has 0 aliphatic heterocycles. The molecule has 0 radical (unpaired) electrons. The normalized spacial score (nSPS) is 9.19. The van der Waals surface area contributed by atoms with E-state index in [2.05, 4.69) is 19.7 Å². The van der Waals surface area contributed by atoms with Crippen molar-refractivity contribution in [3.05, 3.63) is 36.7 Å². The summed E-state index contributed by atoms with van der Waals surface area (Å²) in [5.74, 6) is 0. The van der Waals surface area contributed by atoms with Crippen LogP contribution in [-0.4, -0.2) is 26.5 Å². The van der Waals surface area contributed by atoms with Crippen molar-refractivity contribution in [1.82, 2.24) is 0 Å². The summed E-state index contributed by atoms with van der Waals surface area (Å²) in [4.78, 5) is 0. The van der Waals surface area contributed by atoms with Crippen LogP contribution < -0.4 is 0 Å². The Morgan fingerprint density at radius 2 is 1.00 bits per heavy atom. The van der Waals surface area contributed by atoms with Gasteiger partial charge in [0.15, 0.2) is 0 Å². The maximum Gasteiger partial charge on any atom is 0.369 e. The third kappa shape index (κ3) is 4.47. The highest BCUT2D eigenvalue weighted by Crippen LogP contribution is 2.18. The van der Waals surface area contributed by atoms with E-state index in [-0.39, 0.29) is 6.71 Å². The molecule has 0 atom stereocenters. The minimum absolute atomic E-state index is 0.306. The zero-order valence-electron chi connectivity index (χ0n) is 10.5. The molecule has 4 heteroatoms. The summed E-state index contributed by atoms with van der Waals surface area (Å²) < 4.78 is 16.1. The Labute approximate surface area is 98.8 Å². The lowest BCUT2D eigenvalue weighted by molar-refractivity contribution is 0.223. The van der Waals surface area contributed by atoms with Crippen molar-refractivity contribution < 1.29 is 14.2 Å². The van der Waals surface area contributed by atoms with E-state index in [9.17, 15) is 0 Å². The van der Waals surface area contributed by atoms with E-state index in [1.54, 1.807) is 0 Å². The topological polar surface area (TPSA) is 27.7 Å². The Morgan fingerprint density at radius 3 is 1.19 bits per heavy atom. The number of hydrogen-bond acceptors (Lipinski definition) is 3. The van der Waals surface area contributed by atoms with Crippen LogP contribution in [0.25, 0.3) is 0 Å². The average molecular weight is 224 g/mol. The summed E-state index contributed by atoms with van der Waals surface area (Å²) in [6, 6.07) is 0. The standard InChI is InChI=1S/C12H21BO3/c1-7-14-10(4)13(11(5)15-8-2)12(6)16-9-3/h4-9H2,1-3H3. The van der Waals surface area contributed by atoms with E-state index in [1.165, 1.54) is 0 Å². The molecule has 0 rings (SSSR count). The van der Waals surface area contributed by atoms with E-state index in [4.69, 9.17) is 14.2 Å². The first-order valence-electron chi connectivity index (χ1n) is 5.53. The van der Waals surface area contributed by atoms with Crippen LogP contribution in [0, 0.1) is 0 Å². The first-order valence-corrected chi connectivity index (χ1v) is 5.53. The highest BCUT2D eigenvalue weighted by atomic mass is 16.5. The maximum absolute atomic E-state index is 5.36. The maximum atomic E-state index is 5.36. The second kappa shape index (κ2) is 7.91. The van der Waals surface area contributed by atoms with Crippen molar-refractivity contribution in [2.24, 2.45) is 0 Å². The van der Waals surface area contributed by atoms with Crippen LogP contribution in [0.1, 0.15) is 20.8 Å². The van der Waals surface area contributed by atoms with Gasteiger partial charge in [-0.2, -0.15) is 0 Å². The Hall–Kier alpha value is -1.32. The van der Waals surface area contributed by atoms with Gasteiger partial charge in [-0.1, -0.05) is 19.7 Å². The van der Waals surface area contributed by atoms with Crippen LogP contribution in [0.2, 0.25) is 0 Å². The molecule has 0 aromatic heterocycles. The van der Waals surface area contributed by atoms with Crippen molar-refractivity contribution in [3.8, 4) is 0 Å². The molecule has 16 heavy (non-hydrogen) atoms. The molecule has 0 aromatic carbocycles. The zero-order valence-corrected chi connectivity index (χ0v) is 10.5. The lowest BCUT2D eigenvalue weighted by Gasteiger charge is -2.20. The van der Waals surface area contributed by atoms with Crippen LogP contribution in [0.5, 0.6) is 0 Å². The Kier molecular flexibility index (Phi) is 7.26. The van der Waals surface area contributed by atoms with Crippen LogP contribution >= 0.6 is 0 Å². The van der Waals surface area contributed by atoms with Gasteiger partial charge in [-0.25, -0.2) is 0 Å². The van der Waals surface area contributed by atoms with Gasteiger partial charge < -0.3 is 14.2 Å². The lowest BCUT2D eigenvalue weighted by Crippen LogP contribution is -2.27. The quantitative estimate of drug-likeness (QED) is 0.445. The van der Waals surface area contributed by atoms with Crippen LogP contribution in [0.4, 0.5) is 0 Å². The summed E-state index contributed by atoms with van der Waals surface area (Å²) in [6.07, 6.45) is 0. The molecular formula is C12H21BO3. The number of rotatable bonds is 9. The Bertz CT molecular complexity index is 218. The molecule has 0 saturated heterocycles. The third-order valence-electron chi connectivity index (χ3n) is 1.96. The van der Waals surface area contributed by atoms with Crippen molar-refractivity contribution in [3.63, 3.8) is 0 Å². The molecule has 0 amide bonds. The molecule has 0 spiro atoms. The highest BCUT2D eigenvalue weighted by Gasteiger charge is 2.30. The SMILES string of the molecule is C=C(OCC)B(C(=C)OCC)C(=C)OCC. The summed E-state index contributed by atoms with van der Waals surface area (Å²) in [5, 5.41) is 0. The fourth-order valence-electron chi connectivity index (χ4n) is 1.34. The summed E-state index contributed by atoms with van der Waals surface area (Å²) in [7, 11) is 0. The van der Waals surface area contributed by atoms with Crippen molar-refractivity contribution >= 4 is 6.71 Å². The third-order valence-corrected chi connectivity index (χ3v) is 1.96. The van der Waals surface area contributed by atoms with E-state index < -0.39 is 0 Å². The second-order valence-electron chi connectivity index (χ2n) is 3.13. The van der Waals surface area contributed by atoms with Gasteiger partial charge in [0.1, 0.15) is 0 Å². The van der Waals surface area contributed by atoms with Crippen molar-refractivity contribution in [1.29, 1.82) is 0 Å². The van der Waals surface area contributed by atoms with Gasteiger partial charge in [-0.3, -0.25) is 0 Å². The van der Waals surface area contributed by atoms with E-state index in [0.717, 1.165) is 0 Å². The summed E-state index contributed by atoms with van der Waals surface area (Å²) >= 11 is 0. The van der Waals surface area contributed by atoms with Gasteiger partial charge in [0, 0.05) is 0 Å². The molecule has 0 bridgehead atoms. The molecule has 0 saturated carbocycles. The monoisotopic (exact) mass is 224 g/mol. The Morgan fingerprint density at radius 1 is 0.750 bits per heavy atom. The fraction of sp³-hybridized carbons (Fsp3) is 0.500. The number of hydrogen-bond donors (Lipinski definition) is 0. The molecule has 0 aliphatic rings. The largest absolute Gasteiger partial charge is 0.508 e. The number of ether oxygens (including phenoxy) is 3.